The SMILES string of the molecule is NC1(c2ccc(-c3ccc(C(OP(=O)(O)O)C(CF)NC(=O)C(F)F)cc3)cn2)COC1. The molecule has 2 heterocycles. The number of carbonyl (C=O) groups excluding carboxylic acids is 1. The van der Waals surface area contributed by atoms with Crippen molar-refractivity contribution in [2.45, 2.75) is 24.1 Å². The van der Waals surface area contributed by atoms with E-state index in [4.69, 9.17) is 20.3 Å². The molecule has 2 atom stereocenters. The van der Waals surface area contributed by atoms with Crippen LogP contribution in [0.3, 0.4) is 0 Å². The third-order valence-corrected chi connectivity index (χ3v) is 5.38. The molecule has 0 aliphatic carbocycles. The lowest BCUT2D eigenvalue weighted by molar-refractivity contribution is -0.133. The van der Waals surface area contributed by atoms with Crippen molar-refractivity contribution in [1.29, 1.82) is 0 Å². The number of benzene rings is 1. The van der Waals surface area contributed by atoms with E-state index in [9.17, 15) is 22.5 Å². The van der Waals surface area contributed by atoms with Crippen molar-refractivity contribution in [1.82, 2.24) is 10.3 Å². The van der Waals surface area contributed by atoms with Gasteiger partial charge in [-0.05, 0) is 17.2 Å². The Morgan fingerprint density at radius 2 is 1.84 bits per heavy atom. The number of phosphoric ester groups is 1. The van der Waals surface area contributed by atoms with Crippen LogP contribution in [0.15, 0.2) is 42.6 Å². The first-order valence-electron chi connectivity index (χ1n) is 9.34. The molecule has 1 aliphatic rings. The number of carbonyl (C=O) groups is 1. The zero-order chi connectivity index (χ0) is 23.5. The quantitative estimate of drug-likeness (QED) is 0.402. The number of nitrogens with zero attached hydrogens (tertiary/aromatic N) is 1. The Bertz CT molecular complexity index is 983. The van der Waals surface area contributed by atoms with Crippen LogP contribution in [0.4, 0.5) is 13.2 Å². The largest absolute Gasteiger partial charge is 0.470 e. The van der Waals surface area contributed by atoms with E-state index in [0.717, 1.165) is 0 Å². The molecule has 2 unspecified atom stereocenters. The van der Waals surface area contributed by atoms with Gasteiger partial charge in [-0.25, -0.2) is 8.96 Å². The molecule has 3 rings (SSSR count). The van der Waals surface area contributed by atoms with E-state index in [0.29, 0.717) is 30.0 Å². The monoisotopic (exact) mass is 475 g/mol. The first kappa shape index (κ1) is 24.3. The van der Waals surface area contributed by atoms with Crippen molar-refractivity contribution in [2.24, 2.45) is 5.73 Å². The lowest BCUT2D eigenvalue weighted by Crippen LogP contribution is -2.54. The van der Waals surface area contributed by atoms with Gasteiger partial charge >= 0.3 is 14.2 Å². The maximum atomic E-state index is 13.5. The zero-order valence-electron chi connectivity index (χ0n) is 16.5. The zero-order valence-corrected chi connectivity index (χ0v) is 17.4. The minimum absolute atomic E-state index is 0.0615. The highest BCUT2D eigenvalue weighted by molar-refractivity contribution is 7.46. The van der Waals surface area contributed by atoms with E-state index in [1.807, 2.05) is 0 Å². The Balaban J connectivity index is 1.83. The second-order valence-corrected chi connectivity index (χ2v) is 8.48. The number of alkyl halides is 3. The molecule has 1 saturated heterocycles. The molecule has 13 heteroatoms. The number of pyridine rings is 1. The van der Waals surface area contributed by atoms with E-state index in [1.165, 1.54) is 12.1 Å². The van der Waals surface area contributed by atoms with Gasteiger partial charge in [0.25, 0.3) is 5.91 Å². The fraction of sp³-hybridized carbons (Fsp3) is 0.368. The van der Waals surface area contributed by atoms with Gasteiger partial charge in [-0.15, -0.1) is 0 Å². The van der Waals surface area contributed by atoms with Crippen LogP contribution in [0.5, 0.6) is 0 Å². The van der Waals surface area contributed by atoms with Crippen LogP contribution in [0.1, 0.15) is 17.4 Å². The van der Waals surface area contributed by atoms with Gasteiger partial charge in [-0.3, -0.25) is 14.3 Å². The van der Waals surface area contributed by atoms with Crippen molar-refractivity contribution >= 4 is 13.7 Å². The number of aromatic nitrogens is 1. The van der Waals surface area contributed by atoms with Crippen LogP contribution >= 0.6 is 7.82 Å². The molecule has 0 saturated carbocycles. The molecule has 0 bridgehead atoms. The lowest BCUT2D eigenvalue weighted by Gasteiger charge is -2.37. The third kappa shape index (κ3) is 5.71. The number of hydrogen-bond acceptors (Lipinski definition) is 6. The maximum Gasteiger partial charge on any atom is 0.470 e. The van der Waals surface area contributed by atoms with Gasteiger partial charge in [-0.1, -0.05) is 30.3 Å². The van der Waals surface area contributed by atoms with Crippen molar-refractivity contribution in [3.05, 3.63) is 53.9 Å². The van der Waals surface area contributed by atoms with Gasteiger partial charge in [-0.2, -0.15) is 8.78 Å². The van der Waals surface area contributed by atoms with E-state index >= 15 is 0 Å². The topological polar surface area (TPSA) is 144 Å². The second kappa shape index (κ2) is 9.65. The highest BCUT2D eigenvalue weighted by atomic mass is 31.2. The Labute approximate surface area is 181 Å². The van der Waals surface area contributed by atoms with Crippen LogP contribution in [0.2, 0.25) is 0 Å². The number of rotatable bonds is 9. The van der Waals surface area contributed by atoms with Crippen LogP contribution in [-0.2, 0) is 24.2 Å². The Morgan fingerprint density at radius 3 is 2.28 bits per heavy atom. The minimum atomic E-state index is -5.15. The highest BCUT2D eigenvalue weighted by Crippen LogP contribution is 2.44. The average molecular weight is 475 g/mol. The molecular formula is C19H21F3N3O6P. The van der Waals surface area contributed by atoms with E-state index < -0.39 is 44.5 Å². The number of ether oxygens (including phenoxy) is 1. The summed E-state index contributed by atoms with van der Waals surface area (Å²) in [5, 5.41) is 1.70. The van der Waals surface area contributed by atoms with Gasteiger partial charge in [0.1, 0.15) is 18.3 Å². The van der Waals surface area contributed by atoms with E-state index in [2.05, 4.69) is 9.51 Å². The van der Waals surface area contributed by atoms with Gasteiger partial charge in [0.05, 0.1) is 24.9 Å². The Kier molecular flexibility index (Phi) is 7.33. The number of nitrogens with one attached hydrogen (secondary N) is 1. The van der Waals surface area contributed by atoms with E-state index in [-0.39, 0.29) is 5.56 Å². The Hall–Kier alpha value is -2.34. The second-order valence-electron chi connectivity index (χ2n) is 7.29. The summed E-state index contributed by atoms with van der Waals surface area (Å²) in [5.74, 6) is -1.79. The molecule has 1 aromatic heterocycles. The summed E-state index contributed by atoms with van der Waals surface area (Å²) in [7, 11) is -5.15. The van der Waals surface area contributed by atoms with Crippen LogP contribution in [0, 0.1) is 0 Å². The molecule has 1 fully saturated rings. The molecular weight excluding hydrogens is 454 g/mol. The fourth-order valence-corrected chi connectivity index (χ4v) is 3.71. The molecule has 1 amide bonds. The molecule has 1 aromatic carbocycles. The van der Waals surface area contributed by atoms with Crippen molar-refractivity contribution in [3.8, 4) is 11.1 Å². The molecule has 2 aromatic rings. The van der Waals surface area contributed by atoms with Crippen LogP contribution in [0.25, 0.3) is 11.1 Å². The standard InChI is InChI=1S/C19H21F3N3O6P/c20-7-14(25-18(26)17(21)22)16(31-32(27,28)29)12-3-1-11(2-4-12)13-5-6-15(24-8-13)19(23)9-30-10-19/h1-6,8,14,16-17H,7,9-10,23H2,(H,25,26)(H2,27,28,29). The highest BCUT2D eigenvalue weighted by Gasteiger charge is 2.37. The molecule has 5 N–H and O–H groups in total. The smallest absolute Gasteiger partial charge is 0.377 e. The minimum Gasteiger partial charge on any atom is -0.377 e. The average Bonchev–Trinajstić information content (AvgIpc) is 2.73. The number of nitrogens with two attached hydrogens (primary N) is 1. The predicted octanol–water partition coefficient (Wildman–Crippen LogP) is 1.80. The fourth-order valence-electron chi connectivity index (χ4n) is 3.15. The summed E-state index contributed by atoms with van der Waals surface area (Å²) < 4.78 is 59.6. The predicted molar refractivity (Wildman–Crippen MR) is 106 cm³/mol. The summed E-state index contributed by atoms with van der Waals surface area (Å²) in [6.07, 6.45) is -3.56. The summed E-state index contributed by atoms with van der Waals surface area (Å²) in [6.45, 7) is -0.666. The van der Waals surface area contributed by atoms with Crippen LogP contribution < -0.4 is 11.1 Å². The third-order valence-electron chi connectivity index (χ3n) is 4.87. The summed E-state index contributed by atoms with van der Waals surface area (Å²) in [5.41, 5.74) is 7.60. The normalized spacial score (nSPS) is 17.5. The van der Waals surface area contributed by atoms with Crippen molar-refractivity contribution in [3.63, 3.8) is 0 Å². The number of phosphoric acid groups is 1. The van der Waals surface area contributed by atoms with Gasteiger partial charge in [0.2, 0.25) is 0 Å². The van der Waals surface area contributed by atoms with Gasteiger partial charge in [0.15, 0.2) is 0 Å². The molecule has 174 valence electrons. The first-order valence-corrected chi connectivity index (χ1v) is 10.9. The molecule has 0 spiro atoms. The molecule has 1 aliphatic heterocycles. The number of halogens is 3. The number of amides is 1. The molecule has 9 nitrogen and oxygen atoms in total. The summed E-state index contributed by atoms with van der Waals surface area (Å²) in [6, 6.07) is 7.65. The lowest BCUT2D eigenvalue weighted by atomic mass is 9.93. The van der Waals surface area contributed by atoms with Crippen molar-refractivity contribution < 1.29 is 41.6 Å². The first-order chi connectivity index (χ1) is 15.0. The van der Waals surface area contributed by atoms with Crippen LogP contribution in [-0.4, -0.2) is 53.0 Å². The van der Waals surface area contributed by atoms with Gasteiger partial charge < -0.3 is 25.6 Å². The van der Waals surface area contributed by atoms with E-state index in [1.54, 1.807) is 35.8 Å². The molecule has 32 heavy (non-hydrogen) atoms. The maximum absolute atomic E-state index is 13.5. The van der Waals surface area contributed by atoms with Gasteiger partial charge in [0, 0.05) is 11.8 Å². The summed E-state index contributed by atoms with van der Waals surface area (Å²) in [4.78, 5) is 33.9. The van der Waals surface area contributed by atoms with Crippen molar-refractivity contribution in [2.75, 3.05) is 19.9 Å². The number of hydrogen-bond donors (Lipinski definition) is 4. The Morgan fingerprint density at radius 1 is 1.22 bits per heavy atom. The molecule has 0 radical (unpaired) electrons. The summed E-state index contributed by atoms with van der Waals surface area (Å²) >= 11 is 0.